The van der Waals surface area contributed by atoms with Gasteiger partial charge in [-0.1, -0.05) is 20.8 Å². The fraction of sp³-hybridized carbons (Fsp3) is 0.778. The van der Waals surface area contributed by atoms with Crippen molar-refractivity contribution in [2.24, 2.45) is 0 Å². The van der Waals surface area contributed by atoms with Gasteiger partial charge in [0.05, 0.1) is 0 Å². The SMILES string of the molecule is C[C@H](OC(=O)[C@H](C)OC(=O)[C@H](C)OC(=O)[C@H](C)O[Si](C)(C)C(C)(C)C)C(=O)O. The number of carbonyl (C=O) groups is 4. The predicted octanol–water partition coefficient (Wildman–Crippen LogP) is 2.28. The molecule has 4 atom stereocenters. The van der Waals surface area contributed by atoms with E-state index in [0.717, 1.165) is 0 Å². The number of rotatable bonds is 9. The molecule has 0 aromatic carbocycles. The molecule has 0 fully saturated rings. The summed E-state index contributed by atoms with van der Waals surface area (Å²) >= 11 is 0. The highest BCUT2D eigenvalue weighted by Gasteiger charge is 2.40. The Balaban J connectivity index is 4.70. The topological polar surface area (TPSA) is 125 Å². The van der Waals surface area contributed by atoms with Gasteiger partial charge in [0.25, 0.3) is 0 Å². The maximum atomic E-state index is 12.2. The van der Waals surface area contributed by atoms with Crippen molar-refractivity contribution in [1.82, 2.24) is 0 Å². The van der Waals surface area contributed by atoms with Crippen molar-refractivity contribution >= 4 is 32.2 Å². The monoisotopic (exact) mass is 420 g/mol. The number of carbonyl (C=O) groups excluding carboxylic acids is 3. The summed E-state index contributed by atoms with van der Waals surface area (Å²) < 4.78 is 20.5. The van der Waals surface area contributed by atoms with Crippen molar-refractivity contribution in [2.45, 2.75) is 91.0 Å². The van der Waals surface area contributed by atoms with E-state index in [1.165, 1.54) is 20.8 Å². The van der Waals surface area contributed by atoms with Crippen LogP contribution in [0.5, 0.6) is 0 Å². The quantitative estimate of drug-likeness (QED) is 0.339. The first-order valence-corrected chi connectivity index (χ1v) is 11.9. The molecule has 0 saturated carbocycles. The maximum absolute atomic E-state index is 12.2. The normalized spacial score (nSPS) is 16.3. The third kappa shape index (κ3) is 7.97. The Bertz CT molecular complexity index is 594. The standard InChI is InChI=1S/C18H32O9Si/c1-10(14(19)20)24-15(21)11(2)25-16(22)12(3)26-17(23)13(4)27-28(8,9)18(5,6)7/h10-13H,1-9H3,(H,19,20)/t10-,11-,12-,13-/m0/s1. The van der Waals surface area contributed by atoms with Crippen LogP contribution < -0.4 is 0 Å². The van der Waals surface area contributed by atoms with E-state index >= 15 is 0 Å². The van der Waals surface area contributed by atoms with Crippen LogP contribution in [0.1, 0.15) is 48.5 Å². The second-order valence-electron chi connectivity index (χ2n) is 8.10. The van der Waals surface area contributed by atoms with E-state index in [-0.39, 0.29) is 5.04 Å². The highest BCUT2D eigenvalue weighted by molar-refractivity contribution is 6.74. The first-order chi connectivity index (χ1) is 12.5. The molecule has 0 bridgehead atoms. The van der Waals surface area contributed by atoms with Crippen molar-refractivity contribution in [2.75, 3.05) is 0 Å². The fourth-order valence-corrected chi connectivity index (χ4v) is 2.96. The zero-order valence-corrected chi connectivity index (χ0v) is 19.0. The van der Waals surface area contributed by atoms with Crippen LogP contribution in [0.15, 0.2) is 0 Å². The van der Waals surface area contributed by atoms with Gasteiger partial charge in [0.1, 0.15) is 6.10 Å². The van der Waals surface area contributed by atoms with E-state index < -0.39 is 56.6 Å². The lowest BCUT2D eigenvalue weighted by Crippen LogP contribution is -2.46. The maximum Gasteiger partial charge on any atom is 0.347 e. The molecule has 0 spiro atoms. The molecule has 0 radical (unpaired) electrons. The van der Waals surface area contributed by atoms with Crippen LogP contribution in [0.4, 0.5) is 0 Å². The fourth-order valence-electron chi connectivity index (χ4n) is 1.62. The number of hydrogen-bond acceptors (Lipinski definition) is 8. The number of hydrogen-bond donors (Lipinski definition) is 1. The van der Waals surface area contributed by atoms with Crippen LogP contribution >= 0.6 is 0 Å². The zero-order chi connectivity index (χ0) is 22.4. The summed E-state index contributed by atoms with van der Waals surface area (Å²) in [6.07, 6.45) is -4.87. The van der Waals surface area contributed by atoms with Crippen molar-refractivity contribution < 1.29 is 42.9 Å². The Labute approximate surface area is 166 Å². The van der Waals surface area contributed by atoms with Gasteiger partial charge in [-0.3, -0.25) is 0 Å². The van der Waals surface area contributed by atoms with Gasteiger partial charge in [0, 0.05) is 0 Å². The van der Waals surface area contributed by atoms with Crippen LogP contribution in [0.3, 0.4) is 0 Å². The van der Waals surface area contributed by atoms with Gasteiger partial charge in [0.2, 0.25) is 0 Å². The Morgan fingerprint density at radius 2 is 1.04 bits per heavy atom. The lowest BCUT2D eigenvalue weighted by molar-refractivity contribution is -0.182. The molecule has 0 saturated heterocycles. The molecule has 0 aromatic rings. The Hall–Kier alpha value is -1.94. The van der Waals surface area contributed by atoms with E-state index in [1.54, 1.807) is 6.92 Å². The summed E-state index contributed by atoms with van der Waals surface area (Å²) in [6.45, 7) is 15.3. The van der Waals surface area contributed by atoms with Gasteiger partial charge in [-0.2, -0.15) is 0 Å². The molecule has 162 valence electrons. The summed E-state index contributed by atoms with van der Waals surface area (Å²) in [6, 6.07) is 0. The van der Waals surface area contributed by atoms with Crippen LogP contribution in [-0.4, -0.2) is 61.7 Å². The van der Waals surface area contributed by atoms with Gasteiger partial charge in [-0.05, 0) is 45.8 Å². The molecule has 0 unspecified atom stereocenters. The number of aliphatic carboxylic acids is 1. The van der Waals surface area contributed by atoms with Gasteiger partial charge >= 0.3 is 23.9 Å². The van der Waals surface area contributed by atoms with Crippen LogP contribution in [0.2, 0.25) is 18.1 Å². The Morgan fingerprint density at radius 3 is 1.36 bits per heavy atom. The molecular formula is C18H32O9Si. The summed E-state index contributed by atoms with van der Waals surface area (Å²) in [5.41, 5.74) is 0. The van der Waals surface area contributed by atoms with Crippen molar-refractivity contribution in [3.8, 4) is 0 Å². The molecule has 0 amide bonds. The third-order valence-corrected chi connectivity index (χ3v) is 9.06. The minimum Gasteiger partial charge on any atom is -0.479 e. The second kappa shape index (κ2) is 10.0. The largest absolute Gasteiger partial charge is 0.479 e. The predicted molar refractivity (Wildman–Crippen MR) is 102 cm³/mol. The highest BCUT2D eigenvalue weighted by atomic mass is 28.4. The van der Waals surface area contributed by atoms with Crippen molar-refractivity contribution in [3.63, 3.8) is 0 Å². The molecule has 10 heteroatoms. The van der Waals surface area contributed by atoms with Crippen LogP contribution in [-0.2, 0) is 37.8 Å². The Morgan fingerprint density at radius 1 is 0.714 bits per heavy atom. The van der Waals surface area contributed by atoms with Crippen molar-refractivity contribution in [1.29, 1.82) is 0 Å². The second-order valence-corrected chi connectivity index (χ2v) is 12.9. The number of esters is 3. The van der Waals surface area contributed by atoms with Gasteiger partial charge < -0.3 is 23.7 Å². The van der Waals surface area contributed by atoms with Crippen LogP contribution in [0, 0.1) is 0 Å². The molecule has 0 rings (SSSR count). The first-order valence-electron chi connectivity index (χ1n) is 9.01. The minimum atomic E-state index is -2.20. The smallest absolute Gasteiger partial charge is 0.347 e. The third-order valence-electron chi connectivity index (χ3n) is 4.50. The van der Waals surface area contributed by atoms with Crippen LogP contribution in [0.25, 0.3) is 0 Å². The molecule has 0 aromatic heterocycles. The van der Waals surface area contributed by atoms with E-state index in [4.69, 9.17) is 19.0 Å². The van der Waals surface area contributed by atoms with Gasteiger partial charge in [-0.15, -0.1) is 0 Å². The molecular weight excluding hydrogens is 388 g/mol. The highest BCUT2D eigenvalue weighted by Crippen LogP contribution is 2.37. The summed E-state index contributed by atoms with van der Waals surface area (Å²) in [5, 5.41) is 8.61. The zero-order valence-electron chi connectivity index (χ0n) is 18.0. The molecule has 1 N–H and O–H groups in total. The average molecular weight is 421 g/mol. The van der Waals surface area contributed by atoms with E-state index in [9.17, 15) is 19.2 Å². The van der Waals surface area contributed by atoms with Gasteiger partial charge in [-0.25, -0.2) is 19.2 Å². The minimum absolute atomic E-state index is 0.102. The van der Waals surface area contributed by atoms with E-state index in [2.05, 4.69) is 4.74 Å². The number of ether oxygens (including phenoxy) is 3. The Kier molecular flexibility index (Phi) is 9.32. The first kappa shape index (κ1) is 26.1. The average Bonchev–Trinajstić information content (AvgIpc) is 2.52. The lowest BCUT2D eigenvalue weighted by Gasteiger charge is -2.37. The summed E-state index contributed by atoms with van der Waals surface area (Å²) in [7, 11) is -2.20. The molecule has 0 aliphatic heterocycles. The molecule has 0 aliphatic carbocycles. The van der Waals surface area contributed by atoms with Gasteiger partial charge in [0.15, 0.2) is 26.6 Å². The molecule has 0 heterocycles. The molecule has 28 heavy (non-hydrogen) atoms. The molecule has 0 aliphatic rings. The number of carboxylic acids is 1. The van der Waals surface area contributed by atoms with E-state index in [0.29, 0.717) is 0 Å². The number of carboxylic acid groups (broad SMARTS) is 1. The van der Waals surface area contributed by atoms with Crippen molar-refractivity contribution in [3.05, 3.63) is 0 Å². The van der Waals surface area contributed by atoms with E-state index in [1.807, 2.05) is 33.9 Å². The molecule has 9 nitrogen and oxygen atoms in total. The lowest BCUT2D eigenvalue weighted by atomic mass is 10.2. The summed E-state index contributed by atoms with van der Waals surface area (Å²) in [4.78, 5) is 46.6. The summed E-state index contributed by atoms with van der Waals surface area (Å²) in [5.74, 6) is -4.02.